The number of nitrogens with one attached hydrogen (secondary N) is 1. The van der Waals surface area contributed by atoms with Gasteiger partial charge in [-0.15, -0.1) is 6.42 Å². The molecular formula is C9H12N4O. The van der Waals surface area contributed by atoms with Gasteiger partial charge in [-0.25, -0.2) is 0 Å². The molecule has 0 spiro atoms. The Morgan fingerprint density at radius 3 is 2.93 bits per heavy atom. The molecule has 1 unspecified atom stereocenters. The van der Waals surface area contributed by atoms with Crippen LogP contribution in [0.15, 0.2) is 6.20 Å². The summed E-state index contributed by atoms with van der Waals surface area (Å²) in [4.78, 5) is 11.5. The van der Waals surface area contributed by atoms with Gasteiger partial charge >= 0.3 is 0 Å². The molecule has 5 nitrogen and oxygen atoms in total. The van der Waals surface area contributed by atoms with Crippen molar-refractivity contribution in [3.05, 3.63) is 11.8 Å². The van der Waals surface area contributed by atoms with Gasteiger partial charge in [0.15, 0.2) is 0 Å². The Hall–Kier alpha value is -1.96. The average Bonchev–Trinajstić information content (AvgIpc) is 2.47. The zero-order valence-corrected chi connectivity index (χ0v) is 8.11. The zero-order chi connectivity index (χ0) is 10.7. The van der Waals surface area contributed by atoms with Gasteiger partial charge in [-0.2, -0.15) is 5.10 Å². The van der Waals surface area contributed by atoms with E-state index < -0.39 is 0 Å². The largest absolute Gasteiger partial charge is 0.383 e. The van der Waals surface area contributed by atoms with E-state index in [0.29, 0.717) is 11.4 Å². The van der Waals surface area contributed by atoms with Crippen LogP contribution < -0.4 is 11.1 Å². The Kier molecular flexibility index (Phi) is 2.77. The first-order valence-corrected chi connectivity index (χ1v) is 4.10. The van der Waals surface area contributed by atoms with Gasteiger partial charge in [0.25, 0.3) is 5.91 Å². The van der Waals surface area contributed by atoms with Crippen LogP contribution in [-0.4, -0.2) is 21.7 Å². The molecule has 1 heterocycles. The van der Waals surface area contributed by atoms with Gasteiger partial charge in [-0.3, -0.25) is 9.48 Å². The maximum Gasteiger partial charge on any atom is 0.257 e. The number of terminal acetylenes is 1. The van der Waals surface area contributed by atoms with Crippen molar-refractivity contribution in [3.8, 4) is 12.3 Å². The van der Waals surface area contributed by atoms with E-state index in [4.69, 9.17) is 12.2 Å². The molecule has 74 valence electrons. The van der Waals surface area contributed by atoms with E-state index in [0.717, 1.165) is 0 Å². The van der Waals surface area contributed by atoms with Crippen LogP contribution in [0.1, 0.15) is 17.3 Å². The first-order valence-electron chi connectivity index (χ1n) is 4.10. The van der Waals surface area contributed by atoms with Crippen molar-refractivity contribution >= 4 is 11.7 Å². The molecule has 0 saturated heterocycles. The predicted molar refractivity (Wildman–Crippen MR) is 53.4 cm³/mol. The molecule has 1 atom stereocenters. The normalized spacial score (nSPS) is 11.8. The maximum absolute atomic E-state index is 11.5. The number of nitrogen functional groups attached to an aromatic ring is 1. The Labute approximate surface area is 82.3 Å². The number of rotatable bonds is 2. The molecule has 14 heavy (non-hydrogen) atoms. The van der Waals surface area contributed by atoms with Crippen LogP contribution in [0.4, 0.5) is 5.82 Å². The lowest BCUT2D eigenvalue weighted by molar-refractivity contribution is 0.0949. The lowest BCUT2D eigenvalue weighted by atomic mass is 10.2. The van der Waals surface area contributed by atoms with Crippen molar-refractivity contribution in [2.24, 2.45) is 7.05 Å². The molecule has 5 heteroatoms. The topological polar surface area (TPSA) is 72.9 Å². The van der Waals surface area contributed by atoms with Crippen molar-refractivity contribution in [3.63, 3.8) is 0 Å². The number of aryl methyl sites for hydroxylation is 1. The van der Waals surface area contributed by atoms with E-state index in [1.807, 2.05) is 0 Å². The number of amides is 1. The number of nitrogens with two attached hydrogens (primary N) is 1. The van der Waals surface area contributed by atoms with Crippen LogP contribution in [0.3, 0.4) is 0 Å². The first kappa shape index (κ1) is 10.1. The number of carbonyl (C=O) groups is 1. The predicted octanol–water partition coefficient (Wildman–Crippen LogP) is -0.246. The van der Waals surface area contributed by atoms with Crippen molar-refractivity contribution in [1.82, 2.24) is 15.1 Å². The Bertz CT molecular complexity index is 388. The summed E-state index contributed by atoms with van der Waals surface area (Å²) in [5.74, 6) is 2.41. The number of carbonyl (C=O) groups excluding carboxylic acids is 1. The Morgan fingerprint density at radius 2 is 2.50 bits per heavy atom. The van der Waals surface area contributed by atoms with Gasteiger partial charge in [-0.1, -0.05) is 5.92 Å². The first-order chi connectivity index (χ1) is 6.56. The highest BCUT2D eigenvalue weighted by molar-refractivity contribution is 5.98. The summed E-state index contributed by atoms with van der Waals surface area (Å²) in [7, 11) is 1.66. The van der Waals surface area contributed by atoms with Crippen LogP contribution in [0.2, 0.25) is 0 Å². The van der Waals surface area contributed by atoms with E-state index >= 15 is 0 Å². The average molecular weight is 192 g/mol. The molecule has 1 rings (SSSR count). The standard InChI is InChI=1S/C9H12N4O/c1-4-6(2)12-9(14)7-5-11-13(3)8(7)10/h1,5-6H,10H2,2-3H3,(H,12,14). The van der Waals surface area contributed by atoms with Gasteiger partial charge < -0.3 is 11.1 Å². The molecule has 1 amide bonds. The van der Waals surface area contributed by atoms with Gasteiger partial charge in [0, 0.05) is 7.05 Å². The second-order valence-corrected chi connectivity index (χ2v) is 2.93. The van der Waals surface area contributed by atoms with Crippen molar-refractivity contribution in [1.29, 1.82) is 0 Å². The SMILES string of the molecule is C#CC(C)NC(=O)c1cnn(C)c1N. The number of anilines is 1. The van der Waals surface area contributed by atoms with E-state index in [2.05, 4.69) is 16.3 Å². The van der Waals surface area contributed by atoms with Gasteiger partial charge in [0.1, 0.15) is 11.4 Å². The molecule has 1 aromatic heterocycles. The van der Waals surface area contributed by atoms with Crippen LogP contribution in [0.5, 0.6) is 0 Å². The molecule has 0 aromatic carbocycles. The van der Waals surface area contributed by atoms with Crippen LogP contribution in [0.25, 0.3) is 0 Å². The number of hydrogen-bond donors (Lipinski definition) is 2. The summed E-state index contributed by atoms with van der Waals surface area (Å²) in [5.41, 5.74) is 5.95. The summed E-state index contributed by atoms with van der Waals surface area (Å²) in [6.07, 6.45) is 6.54. The summed E-state index contributed by atoms with van der Waals surface area (Å²) < 4.78 is 1.43. The van der Waals surface area contributed by atoms with Crippen molar-refractivity contribution < 1.29 is 4.79 Å². The molecule has 0 fully saturated rings. The minimum Gasteiger partial charge on any atom is -0.383 e. The Balaban J connectivity index is 2.81. The molecule has 0 aliphatic heterocycles. The quantitative estimate of drug-likeness (QED) is 0.635. The number of hydrogen-bond acceptors (Lipinski definition) is 3. The summed E-state index contributed by atoms with van der Waals surface area (Å²) >= 11 is 0. The number of aromatic nitrogens is 2. The summed E-state index contributed by atoms with van der Waals surface area (Å²) in [6, 6.07) is -0.317. The molecular weight excluding hydrogens is 180 g/mol. The molecule has 0 bridgehead atoms. The molecule has 3 N–H and O–H groups in total. The third-order valence-electron chi connectivity index (χ3n) is 1.83. The third kappa shape index (κ3) is 1.85. The fourth-order valence-corrected chi connectivity index (χ4v) is 0.938. The molecule has 0 aliphatic rings. The minimum atomic E-state index is -0.317. The van der Waals surface area contributed by atoms with Crippen LogP contribution in [-0.2, 0) is 7.05 Å². The number of nitrogens with zero attached hydrogens (tertiary/aromatic N) is 2. The van der Waals surface area contributed by atoms with Gasteiger partial charge in [-0.05, 0) is 6.92 Å². The molecule has 0 aliphatic carbocycles. The highest BCUT2D eigenvalue weighted by atomic mass is 16.1. The monoisotopic (exact) mass is 192 g/mol. The minimum absolute atomic E-state index is 0.305. The summed E-state index contributed by atoms with van der Waals surface area (Å²) in [6.45, 7) is 1.71. The van der Waals surface area contributed by atoms with Crippen molar-refractivity contribution in [2.75, 3.05) is 5.73 Å². The van der Waals surface area contributed by atoms with E-state index in [9.17, 15) is 4.79 Å². The van der Waals surface area contributed by atoms with E-state index in [1.165, 1.54) is 10.9 Å². The fourth-order valence-electron chi connectivity index (χ4n) is 0.938. The highest BCUT2D eigenvalue weighted by Crippen LogP contribution is 2.08. The maximum atomic E-state index is 11.5. The highest BCUT2D eigenvalue weighted by Gasteiger charge is 2.14. The lowest BCUT2D eigenvalue weighted by Crippen LogP contribution is -2.31. The third-order valence-corrected chi connectivity index (χ3v) is 1.83. The second kappa shape index (κ2) is 3.83. The van der Waals surface area contributed by atoms with E-state index in [-0.39, 0.29) is 11.9 Å². The zero-order valence-electron chi connectivity index (χ0n) is 8.11. The smallest absolute Gasteiger partial charge is 0.257 e. The lowest BCUT2D eigenvalue weighted by Gasteiger charge is -2.06. The summed E-state index contributed by atoms with van der Waals surface area (Å²) in [5, 5.41) is 6.44. The van der Waals surface area contributed by atoms with Gasteiger partial charge in [0.2, 0.25) is 0 Å². The van der Waals surface area contributed by atoms with Crippen LogP contribution >= 0.6 is 0 Å². The molecule has 0 saturated carbocycles. The second-order valence-electron chi connectivity index (χ2n) is 2.93. The molecule has 1 aromatic rings. The van der Waals surface area contributed by atoms with Crippen molar-refractivity contribution in [2.45, 2.75) is 13.0 Å². The van der Waals surface area contributed by atoms with Gasteiger partial charge in [0.05, 0.1) is 12.2 Å². The fraction of sp³-hybridized carbons (Fsp3) is 0.333. The van der Waals surface area contributed by atoms with Crippen LogP contribution in [0, 0.1) is 12.3 Å². The van der Waals surface area contributed by atoms with E-state index in [1.54, 1.807) is 14.0 Å². The Morgan fingerprint density at radius 1 is 1.86 bits per heavy atom. The molecule has 0 radical (unpaired) electrons.